The normalized spacial score (nSPS) is 14.1. The van der Waals surface area contributed by atoms with Gasteiger partial charge in [0.1, 0.15) is 0 Å². The van der Waals surface area contributed by atoms with Crippen molar-refractivity contribution in [2.24, 2.45) is 5.92 Å². The van der Waals surface area contributed by atoms with Crippen LogP contribution in [0.15, 0.2) is 5.38 Å². The van der Waals surface area contributed by atoms with Gasteiger partial charge in [-0.05, 0) is 25.3 Å². The molecule has 1 aromatic rings. The third-order valence-electron chi connectivity index (χ3n) is 3.33. The second-order valence-corrected chi connectivity index (χ2v) is 7.75. The fraction of sp³-hybridized carbons (Fsp3) is 0.812. The summed E-state index contributed by atoms with van der Waals surface area (Å²) in [5.41, 5.74) is 1.40. The van der Waals surface area contributed by atoms with Gasteiger partial charge in [-0.15, -0.1) is 11.3 Å². The SMILES string of the molecule is CCNC(CCC(C)C)Cc1nc(C(C)(C)C)cs1. The number of likely N-dealkylation sites (N-methyl/N-ethyl adjacent to an activating group) is 1. The Morgan fingerprint density at radius 3 is 2.42 bits per heavy atom. The quantitative estimate of drug-likeness (QED) is 0.802. The molecule has 0 spiro atoms. The van der Waals surface area contributed by atoms with Crippen molar-refractivity contribution < 1.29 is 0 Å². The summed E-state index contributed by atoms with van der Waals surface area (Å²) in [6.07, 6.45) is 3.60. The number of nitrogens with zero attached hydrogens (tertiary/aromatic N) is 1. The zero-order valence-electron chi connectivity index (χ0n) is 13.4. The molecule has 0 aromatic carbocycles. The van der Waals surface area contributed by atoms with Gasteiger partial charge < -0.3 is 5.32 Å². The molecule has 1 aromatic heterocycles. The molecule has 0 aliphatic heterocycles. The Bertz CT molecular complexity index is 363. The van der Waals surface area contributed by atoms with Crippen molar-refractivity contribution >= 4 is 11.3 Å². The van der Waals surface area contributed by atoms with Crippen LogP contribution in [0.25, 0.3) is 0 Å². The topological polar surface area (TPSA) is 24.9 Å². The fourth-order valence-electron chi connectivity index (χ4n) is 2.06. The molecule has 1 heterocycles. The first-order chi connectivity index (χ1) is 8.82. The molecule has 0 bridgehead atoms. The van der Waals surface area contributed by atoms with Crippen LogP contribution in [-0.2, 0) is 11.8 Å². The maximum absolute atomic E-state index is 4.81. The molecular weight excluding hydrogens is 252 g/mol. The summed E-state index contributed by atoms with van der Waals surface area (Å²) < 4.78 is 0. The Labute approximate surface area is 123 Å². The minimum Gasteiger partial charge on any atom is -0.314 e. The molecule has 1 N–H and O–H groups in total. The highest BCUT2D eigenvalue weighted by Gasteiger charge is 2.18. The Morgan fingerprint density at radius 2 is 1.95 bits per heavy atom. The van der Waals surface area contributed by atoms with Crippen LogP contribution >= 0.6 is 11.3 Å². The molecule has 1 atom stereocenters. The average Bonchev–Trinajstić information content (AvgIpc) is 2.74. The monoisotopic (exact) mass is 282 g/mol. The smallest absolute Gasteiger partial charge is 0.0944 e. The molecule has 19 heavy (non-hydrogen) atoms. The molecule has 1 rings (SSSR count). The average molecular weight is 282 g/mol. The predicted octanol–water partition coefficient (Wildman–Crippen LogP) is 4.40. The zero-order valence-corrected chi connectivity index (χ0v) is 14.2. The Hall–Kier alpha value is -0.410. The van der Waals surface area contributed by atoms with E-state index < -0.39 is 0 Å². The van der Waals surface area contributed by atoms with Gasteiger partial charge >= 0.3 is 0 Å². The second kappa shape index (κ2) is 7.39. The van der Waals surface area contributed by atoms with Crippen molar-refractivity contribution in [2.75, 3.05) is 6.54 Å². The van der Waals surface area contributed by atoms with E-state index in [9.17, 15) is 0 Å². The van der Waals surface area contributed by atoms with E-state index in [0.29, 0.717) is 6.04 Å². The highest BCUT2D eigenvalue weighted by molar-refractivity contribution is 7.09. The second-order valence-electron chi connectivity index (χ2n) is 6.81. The molecule has 0 saturated heterocycles. The molecule has 0 aliphatic carbocycles. The zero-order chi connectivity index (χ0) is 14.5. The summed E-state index contributed by atoms with van der Waals surface area (Å²) >= 11 is 1.81. The third kappa shape index (κ3) is 6.05. The van der Waals surface area contributed by atoms with Crippen LogP contribution in [0.5, 0.6) is 0 Å². The van der Waals surface area contributed by atoms with Gasteiger partial charge in [0.2, 0.25) is 0 Å². The standard InChI is InChI=1S/C16H30N2S/c1-7-17-13(9-8-12(2)3)10-15-18-14(11-19-15)16(4,5)6/h11-13,17H,7-10H2,1-6H3. The van der Waals surface area contributed by atoms with Gasteiger partial charge in [0.15, 0.2) is 0 Å². The van der Waals surface area contributed by atoms with Gasteiger partial charge in [-0.25, -0.2) is 4.98 Å². The van der Waals surface area contributed by atoms with Crippen LogP contribution in [0.4, 0.5) is 0 Å². The molecule has 2 nitrogen and oxygen atoms in total. The van der Waals surface area contributed by atoms with Crippen LogP contribution in [0, 0.1) is 5.92 Å². The predicted molar refractivity (Wildman–Crippen MR) is 86.1 cm³/mol. The molecule has 1 unspecified atom stereocenters. The van der Waals surface area contributed by atoms with Gasteiger partial charge in [0.05, 0.1) is 10.7 Å². The molecule has 0 aliphatic rings. The lowest BCUT2D eigenvalue weighted by Gasteiger charge is -2.18. The van der Waals surface area contributed by atoms with Crippen molar-refractivity contribution in [3.63, 3.8) is 0 Å². The van der Waals surface area contributed by atoms with Crippen LogP contribution < -0.4 is 5.32 Å². The Balaban J connectivity index is 2.60. The molecule has 3 heteroatoms. The Morgan fingerprint density at radius 1 is 1.26 bits per heavy atom. The van der Waals surface area contributed by atoms with Crippen molar-refractivity contribution in [1.82, 2.24) is 10.3 Å². The van der Waals surface area contributed by atoms with Crippen molar-refractivity contribution in [2.45, 2.75) is 72.3 Å². The fourth-order valence-corrected chi connectivity index (χ4v) is 3.16. The summed E-state index contributed by atoms with van der Waals surface area (Å²) in [6, 6.07) is 0.575. The van der Waals surface area contributed by atoms with Crippen LogP contribution in [0.3, 0.4) is 0 Å². The first-order valence-electron chi connectivity index (χ1n) is 7.51. The van der Waals surface area contributed by atoms with Gasteiger partial charge in [0, 0.05) is 23.3 Å². The lowest BCUT2D eigenvalue weighted by atomic mass is 9.93. The molecule has 0 saturated carbocycles. The van der Waals surface area contributed by atoms with Crippen molar-refractivity contribution in [1.29, 1.82) is 0 Å². The highest BCUT2D eigenvalue weighted by atomic mass is 32.1. The first kappa shape index (κ1) is 16.6. The van der Waals surface area contributed by atoms with E-state index in [4.69, 9.17) is 4.98 Å². The molecule has 0 amide bonds. The number of nitrogens with one attached hydrogen (secondary N) is 1. The van der Waals surface area contributed by atoms with Gasteiger partial charge in [-0.3, -0.25) is 0 Å². The van der Waals surface area contributed by atoms with Gasteiger partial charge in [-0.1, -0.05) is 41.5 Å². The largest absolute Gasteiger partial charge is 0.314 e. The summed E-state index contributed by atoms with van der Waals surface area (Å²) in [5.74, 6) is 0.780. The van der Waals surface area contributed by atoms with Crippen molar-refractivity contribution in [3.05, 3.63) is 16.1 Å². The minimum absolute atomic E-state index is 0.167. The van der Waals surface area contributed by atoms with E-state index in [2.05, 4.69) is 52.2 Å². The van der Waals surface area contributed by atoms with E-state index in [1.165, 1.54) is 23.5 Å². The number of aromatic nitrogens is 1. The van der Waals surface area contributed by atoms with E-state index in [-0.39, 0.29) is 5.41 Å². The number of hydrogen-bond donors (Lipinski definition) is 1. The minimum atomic E-state index is 0.167. The van der Waals surface area contributed by atoms with Gasteiger partial charge in [-0.2, -0.15) is 0 Å². The molecule has 0 fully saturated rings. The number of rotatable bonds is 7. The van der Waals surface area contributed by atoms with Crippen LogP contribution in [0.1, 0.15) is 65.1 Å². The molecular formula is C16H30N2S. The van der Waals surface area contributed by atoms with E-state index in [1.54, 1.807) is 0 Å². The first-order valence-corrected chi connectivity index (χ1v) is 8.39. The van der Waals surface area contributed by atoms with Crippen LogP contribution in [0.2, 0.25) is 0 Å². The summed E-state index contributed by atoms with van der Waals surface area (Å²) in [6.45, 7) is 14.5. The number of hydrogen-bond acceptors (Lipinski definition) is 3. The highest BCUT2D eigenvalue weighted by Crippen LogP contribution is 2.25. The van der Waals surface area contributed by atoms with Crippen LogP contribution in [-0.4, -0.2) is 17.6 Å². The van der Waals surface area contributed by atoms with E-state index >= 15 is 0 Å². The number of thiazole rings is 1. The van der Waals surface area contributed by atoms with E-state index in [1.807, 2.05) is 11.3 Å². The van der Waals surface area contributed by atoms with E-state index in [0.717, 1.165) is 18.9 Å². The lowest BCUT2D eigenvalue weighted by molar-refractivity contribution is 0.433. The molecule has 0 radical (unpaired) electrons. The maximum atomic E-state index is 4.81. The maximum Gasteiger partial charge on any atom is 0.0944 e. The molecule has 110 valence electrons. The lowest BCUT2D eigenvalue weighted by Crippen LogP contribution is -2.31. The Kier molecular flexibility index (Phi) is 6.48. The summed E-state index contributed by atoms with van der Waals surface area (Å²) in [5, 5.41) is 7.10. The summed E-state index contributed by atoms with van der Waals surface area (Å²) in [4.78, 5) is 4.81. The van der Waals surface area contributed by atoms with Gasteiger partial charge in [0.25, 0.3) is 0 Å². The van der Waals surface area contributed by atoms with Crippen molar-refractivity contribution in [3.8, 4) is 0 Å². The third-order valence-corrected chi connectivity index (χ3v) is 4.20. The summed E-state index contributed by atoms with van der Waals surface area (Å²) in [7, 11) is 0.